The average molecular weight is 370 g/mol. The fourth-order valence-corrected chi connectivity index (χ4v) is 4.23. The Hall–Kier alpha value is -2.50. The van der Waals surface area contributed by atoms with Crippen LogP contribution in [0.3, 0.4) is 0 Å². The third-order valence-electron chi connectivity index (χ3n) is 5.86. The van der Waals surface area contributed by atoms with Crippen LogP contribution in [0.25, 0.3) is 11.0 Å². The van der Waals surface area contributed by atoms with Gasteiger partial charge in [-0.25, -0.2) is 4.79 Å². The van der Waals surface area contributed by atoms with Gasteiger partial charge in [0.15, 0.2) is 0 Å². The van der Waals surface area contributed by atoms with Crippen molar-refractivity contribution < 1.29 is 18.7 Å². The van der Waals surface area contributed by atoms with Crippen LogP contribution in [-0.4, -0.2) is 54.1 Å². The second-order valence-corrected chi connectivity index (χ2v) is 7.76. The summed E-state index contributed by atoms with van der Waals surface area (Å²) in [5.41, 5.74) is 2.57. The standard InChI is InChI=1S/C21H26N2O4/c1-3-15-5-6-18-17(11-15)16(13-26-18)12-19(24)23-9-4-7-21(8-10-23)14-22(2)20(25)27-21/h5-6,11,13H,3-4,7-10,12,14H2,1-2H3. The number of amides is 2. The van der Waals surface area contributed by atoms with Gasteiger partial charge in [-0.2, -0.15) is 0 Å². The number of furan rings is 1. The molecule has 1 unspecified atom stereocenters. The lowest BCUT2D eigenvalue weighted by atomic mass is 9.95. The summed E-state index contributed by atoms with van der Waals surface area (Å²) in [4.78, 5) is 28.2. The molecule has 1 spiro atoms. The molecular weight excluding hydrogens is 344 g/mol. The van der Waals surface area contributed by atoms with Crippen molar-refractivity contribution in [3.63, 3.8) is 0 Å². The summed E-state index contributed by atoms with van der Waals surface area (Å²) in [5, 5.41) is 1.03. The molecule has 0 radical (unpaired) electrons. The largest absolute Gasteiger partial charge is 0.464 e. The molecular formula is C21H26N2O4. The first kappa shape index (κ1) is 17.9. The zero-order chi connectivity index (χ0) is 19.0. The Morgan fingerprint density at radius 1 is 1.26 bits per heavy atom. The normalized spacial score (nSPS) is 23.1. The van der Waals surface area contributed by atoms with Crippen molar-refractivity contribution in [3.8, 4) is 0 Å². The Morgan fingerprint density at radius 3 is 2.85 bits per heavy atom. The lowest BCUT2D eigenvalue weighted by Gasteiger charge is -2.25. The van der Waals surface area contributed by atoms with Crippen molar-refractivity contribution in [1.82, 2.24) is 9.80 Å². The second-order valence-electron chi connectivity index (χ2n) is 7.76. The van der Waals surface area contributed by atoms with Crippen molar-refractivity contribution in [2.24, 2.45) is 0 Å². The van der Waals surface area contributed by atoms with Crippen LogP contribution >= 0.6 is 0 Å². The van der Waals surface area contributed by atoms with Crippen LogP contribution in [0.4, 0.5) is 4.79 Å². The molecule has 1 atom stereocenters. The van der Waals surface area contributed by atoms with Crippen LogP contribution in [0.15, 0.2) is 28.9 Å². The number of aryl methyl sites for hydroxylation is 1. The van der Waals surface area contributed by atoms with Crippen molar-refractivity contribution >= 4 is 23.0 Å². The minimum Gasteiger partial charge on any atom is -0.464 e. The molecule has 2 aliphatic heterocycles. The van der Waals surface area contributed by atoms with E-state index in [0.29, 0.717) is 32.5 Å². The number of hydrogen-bond acceptors (Lipinski definition) is 4. The molecule has 2 fully saturated rings. The fourth-order valence-electron chi connectivity index (χ4n) is 4.23. The third-order valence-corrected chi connectivity index (χ3v) is 5.86. The van der Waals surface area contributed by atoms with Gasteiger partial charge in [0.25, 0.3) is 0 Å². The van der Waals surface area contributed by atoms with Crippen LogP contribution < -0.4 is 0 Å². The van der Waals surface area contributed by atoms with E-state index >= 15 is 0 Å². The quantitative estimate of drug-likeness (QED) is 0.831. The van der Waals surface area contributed by atoms with E-state index in [4.69, 9.17) is 9.15 Å². The molecule has 0 saturated carbocycles. The Balaban J connectivity index is 1.45. The molecule has 2 aliphatic rings. The SMILES string of the molecule is CCc1ccc2occ(CC(=O)N3CCCC4(CC3)CN(C)C(=O)O4)c2c1. The molecule has 6 nitrogen and oxygen atoms in total. The zero-order valence-corrected chi connectivity index (χ0v) is 16.0. The number of fused-ring (bicyclic) bond motifs is 1. The topological polar surface area (TPSA) is 63.0 Å². The zero-order valence-electron chi connectivity index (χ0n) is 16.0. The molecule has 0 bridgehead atoms. The average Bonchev–Trinajstić information content (AvgIpc) is 3.09. The van der Waals surface area contributed by atoms with Crippen molar-refractivity contribution in [2.75, 3.05) is 26.7 Å². The van der Waals surface area contributed by atoms with Gasteiger partial charge in [-0.3, -0.25) is 4.79 Å². The number of ether oxygens (including phenoxy) is 1. The fraction of sp³-hybridized carbons (Fsp3) is 0.524. The van der Waals surface area contributed by atoms with E-state index in [1.165, 1.54) is 5.56 Å². The highest BCUT2D eigenvalue weighted by atomic mass is 16.6. The van der Waals surface area contributed by atoms with Crippen molar-refractivity contribution in [2.45, 2.75) is 44.6 Å². The smallest absolute Gasteiger partial charge is 0.410 e. The van der Waals surface area contributed by atoms with Crippen LogP contribution in [0.1, 0.15) is 37.3 Å². The highest BCUT2D eigenvalue weighted by Crippen LogP contribution is 2.33. The van der Waals surface area contributed by atoms with Gasteiger partial charge in [0, 0.05) is 37.5 Å². The van der Waals surface area contributed by atoms with Gasteiger partial charge in [0.2, 0.25) is 5.91 Å². The van der Waals surface area contributed by atoms with Crippen LogP contribution in [-0.2, 0) is 22.4 Å². The predicted molar refractivity (Wildman–Crippen MR) is 102 cm³/mol. The molecule has 6 heteroatoms. The Bertz CT molecular complexity index is 874. The molecule has 3 heterocycles. The van der Waals surface area contributed by atoms with E-state index in [0.717, 1.165) is 35.8 Å². The van der Waals surface area contributed by atoms with E-state index in [1.807, 2.05) is 11.0 Å². The summed E-state index contributed by atoms with van der Waals surface area (Å²) in [6.45, 7) is 4.06. The number of likely N-dealkylation sites (tertiary alicyclic amines) is 1. The molecule has 0 aliphatic carbocycles. The molecule has 27 heavy (non-hydrogen) atoms. The van der Waals surface area contributed by atoms with E-state index in [2.05, 4.69) is 19.1 Å². The van der Waals surface area contributed by atoms with Gasteiger partial charge in [-0.15, -0.1) is 0 Å². The lowest BCUT2D eigenvalue weighted by molar-refractivity contribution is -0.130. The van der Waals surface area contributed by atoms with Gasteiger partial charge in [-0.05, 0) is 37.0 Å². The van der Waals surface area contributed by atoms with Gasteiger partial charge in [-0.1, -0.05) is 13.0 Å². The van der Waals surface area contributed by atoms with Gasteiger partial charge in [0.05, 0.1) is 19.2 Å². The van der Waals surface area contributed by atoms with Gasteiger partial charge in [0.1, 0.15) is 11.2 Å². The van der Waals surface area contributed by atoms with E-state index in [-0.39, 0.29) is 12.0 Å². The minimum absolute atomic E-state index is 0.106. The summed E-state index contributed by atoms with van der Waals surface area (Å²) < 4.78 is 11.3. The Morgan fingerprint density at radius 2 is 2.11 bits per heavy atom. The number of carbonyl (C=O) groups excluding carboxylic acids is 2. The first-order chi connectivity index (χ1) is 13.0. The number of nitrogens with zero attached hydrogens (tertiary/aromatic N) is 2. The number of carbonyl (C=O) groups is 2. The third kappa shape index (κ3) is 3.40. The summed E-state index contributed by atoms with van der Waals surface area (Å²) in [6, 6.07) is 6.15. The number of hydrogen-bond donors (Lipinski definition) is 0. The van der Waals surface area contributed by atoms with E-state index in [1.54, 1.807) is 18.2 Å². The van der Waals surface area contributed by atoms with Crippen LogP contribution in [0, 0.1) is 0 Å². The molecule has 1 aromatic carbocycles. The summed E-state index contributed by atoms with van der Waals surface area (Å²) in [5.74, 6) is 0.106. The molecule has 2 amide bonds. The van der Waals surface area contributed by atoms with Crippen molar-refractivity contribution in [3.05, 3.63) is 35.6 Å². The van der Waals surface area contributed by atoms with Gasteiger partial charge < -0.3 is 19.0 Å². The van der Waals surface area contributed by atoms with Gasteiger partial charge >= 0.3 is 6.09 Å². The summed E-state index contributed by atoms with van der Waals surface area (Å²) >= 11 is 0. The summed E-state index contributed by atoms with van der Waals surface area (Å²) in [7, 11) is 1.76. The highest BCUT2D eigenvalue weighted by molar-refractivity contribution is 5.88. The van der Waals surface area contributed by atoms with E-state index < -0.39 is 5.60 Å². The maximum Gasteiger partial charge on any atom is 0.410 e. The van der Waals surface area contributed by atoms with Crippen LogP contribution in [0.5, 0.6) is 0 Å². The van der Waals surface area contributed by atoms with Crippen molar-refractivity contribution in [1.29, 1.82) is 0 Å². The Labute approximate surface area is 159 Å². The monoisotopic (exact) mass is 370 g/mol. The van der Waals surface area contributed by atoms with Crippen LogP contribution in [0.2, 0.25) is 0 Å². The summed E-state index contributed by atoms with van der Waals surface area (Å²) in [6.07, 6.45) is 5.09. The molecule has 2 aromatic rings. The molecule has 4 rings (SSSR count). The number of likely N-dealkylation sites (N-methyl/N-ethyl adjacent to an activating group) is 1. The number of benzene rings is 1. The minimum atomic E-state index is -0.431. The molecule has 144 valence electrons. The lowest BCUT2D eigenvalue weighted by Crippen LogP contribution is -2.37. The molecule has 0 N–H and O–H groups in total. The second kappa shape index (κ2) is 6.91. The molecule has 1 aromatic heterocycles. The molecule has 2 saturated heterocycles. The maximum absolute atomic E-state index is 12.9. The highest BCUT2D eigenvalue weighted by Gasteiger charge is 2.44. The number of rotatable bonds is 3. The predicted octanol–water partition coefficient (Wildman–Crippen LogP) is 3.37. The van der Waals surface area contributed by atoms with E-state index in [9.17, 15) is 9.59 Å². The first-order valence-electron chi connectivity index (χ1n) is 9.70. The Kier molecular flexibility index (Phi) is 4.58. The first-order valence-corrected chi connectivity index (χ1v) is 9.70. The maximum atomic E-state index is 12.9.